The van der Waals surface area contributed by atoms with Crippen molar-refractivity contribution in [3.05, 3.63) is 72.1 Å². The minimum atomic E-state index is -0.241. The Hall–Kier alpha value is -3.28. The third-order valence-corrected chi connectivity index (χ3v) is 4.02. The van der Waals surface area contributed by atoms with Gasteiger partial charge in [-0.1, -0.05) is 31.2 Å². The Morgan fingerprint density at radius 1 is 1.07 bits per heavy atom. The second-order valence-electron chi connectivity index (χ2n) is 5.92. The highest BCUT2D eigenvalue weighted by atomic mass is 16.5. The van der Waals surface area contributed by atoms with Crippen LogP contribution in [0.15, 0.2) is 60.9 Å². The molecule has 0 atom stereocenters. The molecule has 2 aromatic carbocycles. The second-order valence-corrected chi connectivity index (χ2v) is 5.92. The lowest BCUT2D eigenvalue weighted by Crippen LogP contribution is -2.13. The Morgan fingerprint density at radius 3 is 2.59 bits per heavy atom. The fourth-order valence-electron chi connectivity index (χ4n) is 2.59. The molecule has 1 heterocycles. The molecule has 0 aliphatic carbocycles. The van der Waals surface area contributed by atoms with Crippen molar-refractivity contribution in [3.63, 3.8) is 0 Å². The van der Waals surface area contributed by atoms with Crippen LogP contribution < -0.4 is 14.8 Å². The van der Waals surface area contributed by atoms with E-state index in [0.717, 1.165) is 12.2 Å². The predicted octanol–water partition coefficient (Wildman–Crippen LogP) is 4.13. The molecule has 6 heteroatoms. The van der Waals surface area contributed by atoms with Crippen LogP contribution in [0.2, 0.25) is 0 Å². The van der Waals surface area contributed by atoms with Gasteiger partial charge in [-0.2, -0.15) is 5.10 Å². The number of aromatic nitrogens is 2. The van der Waals surface area contributed by atoms with E-state index in [9.17, 15) is 4.79 Å². The molecule has 0 spiro atoms. The molecule has 1 aromatic heterocycles. The molecule has 0 aliphatic rings. The zero-order chi connectivity index (χ0) is 19.1. The number of nitrogens with zero attached hydrogens (tertiary/aromatic N) is 2. The Kier molecular flexibility index (Phi) is 6.10. The maximum Gasteiger partial charge on any atom is 0.259 e. The van der Waals surface area contributed by atoms with Crippen LogP contribution in [0.1, 0.15) is 29.8 Å². The molecule has 0 unspecified atom stereocenters. The van der Waals surface area contributed by atoms with Gasteiger partial charge in [0.2, 0.25) is 0 Å². The molecule has 0 bridgehead atoms. The van der Waals surface area contributed by atoms with E-state index < -0.39 is 0 Å². The number of anilines is 1. The zero-order valence-corrected chi connectivity index (χ0v) is 15.5. The standard InChI is InChI=1S/C21H23N3O3/c1-3-16-9-11-18(12-10-16)27-15-24-14-17(13-22-24)23-21(25)19-7-5-6-8-20(19)26-4-2/h5-14H,3-4,15H2,1-2H3,(H,23,25). The fraction of sp³-hybridized carbons (Fsp3) is 0.238. The first-order chi connectivity index (χ1) is 13.2. The van der Waals surface area contributed by atoms with Crippen LogP contribution in [0.4, 0.5) is 5.69 Å². The monoisotopic (exact) mass is 365 g/mol. The van der Waals surface area contributed by atoms with Gasteiger partial charge in [-0.05, 0) is 43.2 Å². The SMILES string of the molecule is CCOc1ccccc1C(=O)Nc1cnn(COc2ccc(CC)cc2)c1. The summed E-state index contributed by atoms with van der Waals surface area (Å²) in [7, 11) is 0. The van der Waals surface area contributed by atoms with Gasteiger partial charge >= 0.3 is 0 Å². The summed E-state index contributed by atoms with van der Waals surface area (Å²) in [6, 6.07) is 15.1. The smallest absolute Gasteiger partial charge is 0.259 e. The van der Waals surface area contributed by atoms with Crippen molar-refractivity contribution in [2.45, 2.75) is 27.0 Å². The molecule has 6 nitrogen and oxygen atoms in total. The predicted molar refractivity (Wildman–Crippen MR) is 104 cm³/mol. The lowest BCUT2D eigenvalue weighted by Gasteiger charge is -2.09. The topological polar surface area (TPSA) is 65.4 Å². The van der Waals surface area contributed by atoms with E-state index in [1.165, 1.54) is 5.56 Å². The van der Waals surface area contributed by atoms with Crippen molar-refractivity contribution in [2.75, 3.05) is 11.9 Å². The normalized spacial score (nSPS) is 10.4. The van der Waals surface area contributed by atoms with Gasteiger partial charge < -0.3 is 14.8 Å². The van der Waals surface area contributed by atoms with E-state index in [-0.39, 0.29) is 12.6 Å². The van der Waals surface area contributed by atoms with Crippen LogP contribution >= 0.6 is 0 Å². The molecule has 0 radical (unpaired) electrons. The van der Waals surface area contributed by atoms with Crippen molar-refractivity contribution in [2.24, 2.45) is 0 Å². The zero-order valence-electron chi connectivity index (χ0n) is 15.5. The Bertz CT molecular complexity index is 888. The largest absolute Gasteiger partial charge is 0.493 e. The third kappa shape index (κ3) is 4.88. The third-order valence-electron chi connectivity index (χ3n) is 4.02. The van der Waals surface area contributed by atoms with Gasteiger partial charge in [0.05, 0.1) is 30.3 Å². The molecule has 1 amide bonds. The first-order valence-electron chi connectivity index (χ1n) is 8.97. The lowest BCUT2D eigenvalue weighted by atomic mass is 10.2. The molecular weight excluding hydrogens is 342 g/mol. The number of aryl methyl sites for hydroxylation is 1. The van der Waals surface area contributed by atoms with Crippen molar-refractivity contribution < 1.29 is 14.3 Å². The summed E-state index contributed by atoms with van der Waals surface area (Å²) >= 11 is 0. The van der Waals surface area contributed by atoms with Crippen molar-refractivity contribution in [3.8, 4) is 11.5 Å². The molecule has 0 saturated heterocycles. The number of carbonyl (C=O) groups is 1. The highest BCUT2D eigenvalue weighted by molar-refractivity contribution is 6.06. The molecule has 0 aliphatic heterocycles. The minimum Gasteiger partial charge on any atom is -0.493 e. The fourth-order valence-corrected chi connectivity index (χ4v) is 2.59. The average molecular weight is 365 g/mol. The van der Waals surface area contributed by atoms with Gasteiger partial charge in [0.1, 0.15) is 11.5 Å². The number of benzene rings is 2. The maximum absolute atomic E-state index is 12.5. The van der Waals surface area contributed by atoms with E-state index in [1.54, 1.807) is 35.3 Å². The summed E-state index contributed by atoms with van der Waals surface area (Å²) in [5.74, 6) is 1.09. The van der Waals surface area contributed by atoms with Crippen LogP contribution in [-0.4, -0.2) is 22.3 Å². The van der Waals surface area contributed by atoms with Gasteiger partial charge in [0, 0.05) is 0 Å². The average Bonchev–Trinajstić information content (AvgIpc) is 3.14. The quantitative estimate of drug-likeness (QED) is 0.652. The summed E-state index contributed by atoms with van der Waals surface area (Å²) in [6.45, 7) is 4.76. The number of rotatable bonds is 8. The molecule has 0 saturated carbocycles. The van der Waals surface area contributed by atoms with E-state index in [0.29, 0.717) is 23.6 Å². The van der Waals surface area contributed by atoms with E-state index in [2.05, 4.69) is 17.3 Å². The number of para-hydroxylation sites is 1. The van der Waals surface area contributed by atoms with Crippen LogP contribution in [0.5, 0.6) is 11.5 Å². The number of amides is 1. The number of nitrogens with one attached hydrogen (secondary N) is 1. The molecule has 1 N–H and O–H groups in total. The highest BCUT2D eigenvalue weighted by Gasteiger charge is 2.13. The molecule has 3 rings (SSSR count). The molecule has 3 aromatic rings. The number of carbonyl (C=O) groups excluding carboxylic acids is 1. The summed E-state index contributed by atoms with van der Waals surface area (Å²) in [6.07, 6.45) is 4.31. The first kappa shape index (κ1) is 18.5. The Labute approximate surface area is 158 Å². The molecule has 140 valence electrons. The lowest BCUT2D eigenvalue weighted by molar-refractivity contribution is 0.102. The van der Waals surface area contributed by atoms with Crippen LogP contribution in [-0.2, 0) is 13.2 Å². The van der Waals surface area contributed by atoms with Gasteiger partial charge in [-0.3, -0.25) is 4.79 Å². The Balaban J connectivity index is 1.59. The van der Waals surface area contributed by atoms with Gasteiger partial charge in [0.15, 0.2) is 6.73 Å². The number of hydrogen-bond donors (Lipinski definition) is 1. The maximum atomic E-state index is 12.5. The van der Waals surface area contributed by atoms with Crippen LogP contribution in [0.25, 0.3) is 0 Å². The van der Waals surface area contributed by atoms with Crippen molar-refractivity contribution in [1.29, 1.82) is 0 Å². The van der Waals surface area contributed by atoms with Gasteiger partial charge in [0.25, 0.3) is 5.91 Å². The number of hydrogen-bond acceptors (Lipinski definition) is 4. The van der Waals surface area contributed by atoms with E-state index >= 15 is 0 Å². The summed E-state index contributed by atoms with van der Waals surface area (Å²) in [5, 5.41) is 7.05. The summed E-state index contributed by atoms with van der Waals surface area (Å²) in [4.78, 5) is 12.5. The molecular formula is C21H23N3O3. The highest BCUT2D eigenvalue weighted by Crippen LogP contribution is 2.20. The second kappa shape index (κ2) is 8.89. The van der Waals surface area contributed by atoms with Crippen molar-refractivity contribution >= 4 is 11.6 Å². The Morgan fingerprint density at radius 2 is 1.85 bits per heavy atom. The molecule has 27 heavy (non-hydrogen) atoms. The van der Waals surface area contributed by atoms with Crippen LogP contribution in [0.3, 0.4) is 0 Å². The first-order valence-corrected chi connectivity index (χ1v) is 8.97. The molecule has 0 fully saturated rings. The van der Waals surface area contributed by atoms with Gasteiger partial charge in [-0.15, -0.1) is 0 Å². The van der Waals surface area contributed by atoms with E-state index in [4.69, 9.17) is 9.47 Å². The van der Waals surface area contributed by atoms with Crippen LogP contribution in [0, 0.1) is 0 Å². The number of ether oxygens (including phenoxy) is 2. The van der Waals surface area contributed by atoms with Crippen molar-refractivity contribution in [1.82, 2.24) is 9.78 Å². The van der Waals surface area contributed by atoms with Gasteiger partial charge in [-0.25, -0.2) is 4.68 Å². The summed E-state index contributed by atoms with van der Waals surface area (Å²) < 4.78 is 12.8. The minimum absolute atomic E-state index is 0.241. The summed E-state index contributed by atoms with van der Waals surface area (Å²) in [5.41, 5.74) is 2.34. The van der Waals surface area contributed by atoms with E-state index in [1.807, 2.05) is 37.3 Å².